The Bertz CT molecular complexity index is 730. The van der Waals surface area contributed by atoms with Crippen LogP contribution in [0.4, 0.5) is 10.1 Å². The number of rotatable bonds is 3. The summed E-state index contributed by atoms with van der Waals surface area (Å²) in [4.78, 5) is 13.4. The summed E-state index contributed by atoms with van der Waals surface area (Å²) in [5.41, 5.74) is 1.92. The van der Waals surface area contributed by atoms with Crippen molar-refractivity contribution in [2.75, 3.05) is 6.54 Å². The smallest absolute Gasteiger partial charge is 0.262 e. The number of carbonyl (C=O) groups excluding carboxylic acids is 1. The Morgan fingerprint density at radius 1 is 1.48 bits per heavy atom. The number of hydroxylamine groups is 1. The van der Waals surface area contributed by atoms with Gasteiger partial charge in [-0.1, -0.05) is 0 Å². The van der Waals surface area contributed by atoms with Gasteiger partial charge in [0, 0.05) is 5.39 Å². The van der Waals surface area contributed by atoms with Crippen LogP contribution in [0, 0.1) is 5.82 Å². The normalized spacial score (nSPS) is 11.0. The number of nitrogens with one attached hydrogen (secondary N) is 3. The molecule has 1 amide bonds. The van der Waals surface area contributed by atoms with Crippen LogP contribution in [0.1, 0.15) is 0 Å². The molecule has 0 spiro atoms. The highest BCUT2D eigenvalue weighted by molar-refractivity contribution is 7.80. The van der Waals surface area contributed by atoms with E-state index >= 15 is 0 Å². The van der Waals surface area contributed by atoms with Crippen molar-refractivity contribution in [3.8, 4) is 5.88 Å². The van der Waals surface area contributed by atoms with Gasteiger partial charge in [-0.2, -0.15) is 0 Å². The molecular weight excluding hydrogens is 301 g/mol. The van der Waals surface area contributed by atoms with Gasteiger partial charge in [-0.25, -0.2) is 9.87 Å². The molecule has 0 unspecified atom stereocenters. The molecule has 2 aromatic rings. The van der Waals surface area contributed by atoms with Crippen molar-refractivity contribution in [1.29, 1.82) is 0 Å². The third-order valence-electron chi connectivity index (χ3n) is 2.48. The summed E-state index contributed by atoms with van der Waals surface area (Å²) in [7, 11) is 0. The fourth-order valence-electron chi connectivity index (χ4n) is 1.56. The van der Waals surface area contributed by atoms with Gasteiger partial charge in [0.2, 0.25) is 11.0 Å². The number of aromatic amines is 1. The monoisotopic (exact) mass is 311 g/mol. The topological polar surface area (TPSA) is 122 Å². The zero-order valence-electron chi connectivity index (χ0n) is 10.4. The number of hydrogen-bond donors (Lipinski definition) is 5. The number of amides is 1. The van der Waals surface area contributed by atoms with Crippen LogP contribution in [0.5, 0.6) is 5.88 Å². The molecule has 0 saturated carbocycles. The van der Waals surface area contributed by atoms with Crippen LogP contribution in [0.2, 0.25) is 0 Å². The first kappa shape index (κ1) is 14.8. The van der Waals surface area contributed by atoms with E-state index in [4.69, 9.17) is 17.4 Å². The molecule has 0 fully saturated rings. The number of benzene rings is 1. The predicted molar refractivity (Wildman–Crippen MR) is 75.0 cm³/mol. The average molecular weight is 311 g/mol. The summed E-state index contributed by atoms with van der Waals surface area (Å²) >= 11 is 4.79. The molecule has 0 aliphatic rings. The van der Waals surface area contributed by atoms with Gasteiger partial charge in [0.25, 0.3) is 5.91 Å². The highest BCUT2D eigenvalue weighted by atomic mass is 32.1. The lowest BCUT2D eigenvalue weighted by molar-refractivity contribution is -0.127. The molecule has 10 heteroatoms. The highest BCUT2D eigenvalue weighted by Gasteiger charge is 2.11. The predicted octanol–water partition coefficient (Wildman–Crippen LogP) is 1.48. The fraction of sp³-hybridized carbons (Fsp3) is 0.0909. The Kier molecular flexibility index (Phi) is 4.40. The molecule has 0 bridgehead atoms. The number of carbonyl (C=O) groups is 1. The van der Waals surface area contributed by atoms with E-state index in [1.165, 1.54) is 23.7 Å². The number of nitrogens with zero attached hydrogens (tertiary/aromatic N) is 2. The van der Waals surface area contributed by atoms with Gasteiger partial charge in [-0.3, -0.25) is 10.0 Å². The van der Waals surface area contributed by atoms with Gasteiger partial charge in [0.15, 0.2) is 5.69 Å². The molecule has 0 radical (unpaired) electrons. The van der Waals surface area contributed by atoms with E-state index in [1.54, 1.807) is 0 Å². The molecule has 2 rings (SSSR count). The number of H-pyrrole nitrogens is 1. The second-order valence-electron chi connectivity index (χ2n) is 3.91. The second-order valence-corrected chi connectivity index (χ2v) is 4.29. The molecular formula is C11H10FN5O3S. The van der Waals surface area contributed by atoms with Crippen molar-refractivity contribution < 1.29 is 19.5 Å². The maximum atomic E-state index is 13.2. The Labute approximate surface area is 122 Å². The Hall–Kier alpha value is -2.59. The summed E-state index contributed by atoms with van der Waals surface area (Å²) in [5, 5.41) is 27.9. The molecule has 0 atom stereocenters. The Morgan fingerprint density at radius 3 is 2.95 bits per heavy atom. The molecule has 8 nitrogen and oxygen atoms in total. The second kappa shape index (κ2) is 6.24. The van der Waals surface area contributed by atoms with Crippen molar-refractivity contribution in [3.63, 3.8) is 0 Å². The van der Waals surface area contributed by atoms with Crippen LogP contribution in [0.15, 0.2) is 28.4 Å². The van der Waals surface area contributed by atoms with Gasteiger partial charge in [0.05, 0.1) is 12.1 Å². The van der Waals surface area contributed by atoms with E-state index in [1.807, 2.05) is 0 Å². The summed E-state index contributed by atoms with van der Waals surface area (Å²) < 4.78 is 13.2. The molecule has 1 heterocycles. The van der Waals surface area contributed by atoms with Crippen LogP contribution in [-0.2, 0) is 4.79 Å². The number of hydrogen-bond acceptors (Lipinski definition) is 5. The summed E-state index contributed by atoms with van der Waals surface area (Å²) in [6.07, 6.45) is 0. The van der Waals surface area contributed by atoms with Crippen molar-refractivity contribution in [3.05, 3.63) is 24.0 Å². The van der Waals surface area contributed by atoms with E-state index in [-0.39, 0.29) is 23.2 Å². The first-order valence-electron chi connectivity index (χ1n) is 5.64. The van der Waals surface area contributed by atoms with E-state index < -0.39 is 11.7 Å². The molecule has 0 aliphatic heterocycles. The Balaban J connectivity index is 2.17. The quantitative estimate of drug-likeness (QED) is 0.254. The van der Waals surface area contributed by atoms with E-state index in [2.05, 4.69) is 20.5 Å². The molecule has 110 valence electrons. The zero-order chi connectivity index (χ0) is 15.4. The minimum Gasteiger partial charge on any atom is -0.493 e. The number of aromatic hydroxyl groups is 1. The highest BCUT2D eigenvalue weighted by Crippen LogP contribution is 2.35. The van der Waals surface area contributed by atoms with Crippen molar-refractivity contribution in [1.82, 2.24) is 15.8 Å². The van der Waals surface area contributed by atoms with Crippen LogP contribution in [-0.4, -0.2) is 32.9 Å². The standard InChI is InChI=1S/C11H10FN5O3S/c12-5-1-2-7-6(3-5)9(10(19)14-7)15-16-11(21)13-4-8(18)17-20/h1-3,14,19-20H,4H2,(H,13,21)(H,17,18). The van der Waals surface area contributed by atoms with Gasteiger partial charge in [-0.05, 0) is 30.4 Å². The first-order valence-corrected chi connectivity index (χ1v) is 6.05. The lowest BCUT2D eigenvalue weighted by atomic mass is 10.2. The fourth-order valence-corrected chi connectivity index (χ4v) is 1.68. The molecule has 0 saturated heterocycles. The Morgan fingerprint density at radius 2 is 2.24 bits per heavy atom. The van der Waals surface area contributed by atoms with E-state index in [0.717, 1.165) is 0 Å². The summed E-state index contributed by atoms with van der Waals surface area (Å²) in [5.74, 6) is -1.47. The summed E-state index contributed by atoms with van der Waals surface area (Å²) in [6.45, 7) is -0.289. The van der Waals surface area contributed by atoms with Crippen molar-refractivity contribution >= 4 is 39.8 Å². The number of thiocarbonyl (C=S) groups is 1. The van der Waals surface area contributed by atoms with Gasteiger partial charge < -0.3 is 15.4 Å². The van der Waals surface area contributed by atoms with E-state index in [0.29, 0.717) is 10.9 Å². The molecule has 0 aliphatic carbocycles. The molecule has 1 aromatic carbocycles. The maximum absolute atomic E-state index is 13.2. The molecule has 21 heavy (non-hydrogen) atoms. The van der Waals surface area contributed by atoms with E-state index in [9.17, 15) is 14.3 Å². The number of fused-ring (bicyclic) bond motifs is 1. The van der Waals surface area contributed by atoms with Gasteiger partial charge in [-0.15, -0.1) is 10.2 Å². The lowest BCUT2D eigenvalue weighted by Crippen LogP contribution is -2.33. The average Bonchev–Trinajstić information content (AvgIpc) is 2.77. The minimum absolute atomic E-state index is 0.0280. The van der Waals surface area contributed by atoms with Gasteiger partial charge >= 0.3 is 0 Å². The maximum Gasteiger partial charge on any atom is 0.262 e. The van der Waals surface area contributed by atoms with Crippen molar-refractivity contribution in [2.24, 2.45) is 10.2 Å². The number of halogens is 1. The van der Waals surface area contributed by atoms with Crippen LogP contribution < -0.4 is 10.8 Å². The third-order valence-corrected chi connectivity index (χ3v) is 2.71. The largest absolute Gasteiger partial charge is 0.493 e. The SMILES string of the molecule is O=C(CNC(=S)N=Nc1c(O)[nH]c2ccc(F)cc12)NO. The van der Waals surface area contributed by atoms with Crippen LogP contribution in [0.25, 0.3) is 10.9 Å². The zero-order valence-corrected chi connectivity index (χ0v) is 11.2. The molecule has 1 aromatic heterocycles. The van der Waals surface area contributed by atoms with Crippen molar-refractivity contribution in [2.45, 2.75) is 0 Å². The van der Waals surface area contributed by atoms with Crippen LogP contribution >= 0.6 is 12.2 Å². The van der Waals surface area contributed by atoms with Crippen LogP contribution in [0.3, 0.4) is 0 Å². The number of aromatic nitrogens is 1. The lowest BCUT2D eigenvalue weighted by Gasteiger charge is -2.00. The summed E-state index contributed by atoms with van der Waals surface area (Å²) in [6, 6.07) is 3.88. The minimum atomic E-state index is -0.704. The molecule has 5 N–H and O–H groups in total. The number of azo groups is 1. The first-order chi connectivity index (χ1) is 10.0. The van der Waals surface area contributed by atoms with Gasteiger partial charge in [0.1, 0.15) is 5.82 Å². The third kappa shape index (κ3) is 3.49.